The number of halogens is 1. The molecule has 5 N–H and O–H groups in total. The van der Waals surface area contributed by atoms with Crippen LogP contribution in [0.3, 0.4) is 0 Å². The van der Waals surface area contributed by atoms with E-state index in [2.05, 4.69) is 10.2 Å². The maximum atomic E-state index is 11.7. The summed E-state index contributed by atoms with van der Waals surface area (Å²) in [6.45, 7) is 1.53. The van der Waals surface area contributed by atoms with Crippen LogP contribution in [0.25, 0.3) is 10.8 Å². The van der Waals surface area contributed by atoms with E-state index in [1.165, 1.54) is 25.1 Å². The molecule has 3 rings (SSSR count). The maximum absolute atomic E-state index is 11.7. The van der Waals surface area contributed by atoms with E-state index < -0.39 is 35.8 Å². The number of azo groups is 1. The zero-order chi connectivity index (χ0) is 22.4. The van der Waals surface area contributed by atoms with Crippen molar-refractivity contribution < 1.29 is 31.0 Å². The molecule has 0 atom stereocenters. The van der Waals surface area contributed by atoms with Gasteiger partial charge >= 0.3 is 0 Å². The van der Waals surface area contributed by atoms with Crippen LogP contribution in [0.1, 0.15) is 5.56 Å². The molecule has 0 saturated heterocycles. The topological polar surface area (TPSA) is 180 Å². The number of anilines is 1. The summed E-state index contributed by atoms with van der Waals surface area (Å²) in [5.41, 5.74) is 5.89. The molecule has 3 aromatic rings. The zero-order valence-corrected chi connectivity index (χ0v) is 17.5. The SMILES string of the molecule is Cc1cc(S(=O)(=O)O)c(N=Nc2c(N)ccc3c(O)cc(S(=O)(=O)O)cc23)cc1Cl. The highest BCUT2D eigenvalue weighted by atomic mass is 35.5. The third-order valence-electron chi connectivity index (χ3n) is 4.16. The minimum atomic E-state index is -4.66. The first-order valence-corrected chi connectivity index (χ1v) is 11.3. The van der Waals surface area contributed by atoms with Crippen LogP contribution >= 0.6 is 11.6 Å². The molecule has 0 fully saturated rings. The number of aromatic hydroxyl groups is 1. The third-order valence-corrected chi connectivity index (χ3v) is 6.28. The van der Waals surface area contributed by atoms with Gasteiger partial charge in [-0.2, -0.15) is 16.8 Å². The lowest BCUT2D eigenvalue weighted by Crippen LogP contribution is -1.99. The average molecular weight is 472 g/mol. The van der Waals surface area contributed by atoms with E-state index in [0.717, 1.165) is 18.2 Å². The van der Waals surface area contributed by atoms with Gasteiger partial charge in [0.2, 0.25) is 0 Å². The minimum Gasteiger partial charge on any atom is -0.507 e. The molecule has 30 heavy (non-hydrogen) atoms. The first-order chi connectivity index (χ1) is 13.8. The Balaban J connectivity index is 2.29. The Kier molecular flexibility index (Phi) is 5.47. The van der Waals surface area contributed by atoms with E-state index in [1.807, 2.05) is 0 Å². The lowest BCUT2D eigenvalue weighted by molar-refractivity contribution is 0.471. The first-order valence-electron chi connectivity index (χ1n) is 8.01. The summed E-state index contributed by atoms with van der Waals surface area (Å²) in [5, 5.41) is 18.2. The largest absolute Gasteiger partial charge is 0.507 e. The Hall–Kier alpha value is -2.77. The average Bonchev–Trinajstić information content (AvgIpc) is 2.61. The lowest BCUT2D eigenvalue weighted by atomic mass is 10.1. The summed E-state index contributed by atoms with van der Waals surface area (Å²) in [6, 6.07) is 6.94. The van der Waals surface area contributed by atoms with Crippen molar-refractivity contribution in [3.8, 4) is 5.75 Å². The normalized spacial score (nSPS) is 12.7. The number of benzene rings is 3. The van der Waals surface area contributed by atoms with Gasteiger partial charge in [-0.1, -0.05) is 11.6 Å². The second-order valence-electron chi connectivity index (χ2n) is 6.26. The smallest absolute Gasteiger partial charge is 0.296 e. The number of rotatable bonds is 4. The summed E-state index contributed by atoms with van der Waals surface area (Å²) >= 11 is 6.01. The van der Waals surface area contributed by atoms with Gasteiger partial charge in [-0.05, 0) is 42.8 Å². The van der Waals surface area contributed by atoms with Gasteiger partial charge < -0.3 is 10.8 Å². The molecule has 3 aromatic carbocycles. The molecule has 0 spiro atoms. The lowest BCUT2D eigenvalue weighted by Gasteiger charge is -2.09. The molecule has 0 unspecified atom stereocenters. The van der Waals surface area contributed by atoms with Crippen LogP contribution in [0, 0.1) is 6.92 Å². The summed E-state index contributed by atoms with van der Waals surface area (Å²) in [7, 11) is -9.31. The summed E-state index contributed by atoms with van der Waals surface area (Å²) in [6.07, 6.45) is 0. The second kappa shape index (κ2) is 7.49. The number of nitrogens with zero attached hydrogens (tertiary/aromatic N) is 2. The van der Waals surface area contributed by atoms with Gasteiger partial charge in [-0.3, -0.25) is 9.11 Å². The van der Waals surface area contributed by atoms with Crippen LogP contribution in [0.15, 0.2) is 56.4 Å². The molecule has 0 aliphatic carbocycles. The molecule has 158 valence electrons. The quantitative estimate of drug-likeness (QED) is 0.250. The Morgan fingerprint density at radius 1 is 0.933 bits per heavy atom. The molecule has 0 bridgehead atoms. The van der Waals surface area contributed by atoms with Crippen molar-refractivity contribution >= 4 is 59.7 Å². The summed E-state index contributed by atoms with van der Waals surface area (Å²) in [5.74, 6) is -0.464. The first kappa shape index (κ1) is 21.9. The van der Waals surface area contributed by atoms with E-state index in [9.17, 15) is 31.0 Å². The number of fused-ring (bicyclic) bond motifs is 1. The van der Waals surface area contributed by atoms with Gasteiger partial charge in [0, 0.05) is 21.9 Å². The van der Waals surface area contributed by atoms with Crippen molar-refractivity contribution in [2.24, 2.45) is 10.2 Å². The van der Waals surface area contributed by atoms with Crippen LogP contribution in [0.2, 0.25) is 5.02 Å². The zero-order valence-electron chi connectivity index (χ0n) is 15.1. The molecular formula is C17H14ClN3O7S2. The van der Waals surface area contributed by atoms with Gasteiger partial charge in [0.05, 0.1) is 10.6 Å². The number of nitrogen functional groups attached to an aromatic ring is 1. The van der Waals surface area contributed by atoms with Crippen molar-refractivity contribution in [1.82, 2.24) is 0 Å². The highest BCUT2D eigenvalue weighted by molar-refractivity contribution is 7.86. The summed E-state index contributed by atoms with van der Waals surface area (Å²) in [4.78, 5) is -1.15. The molecule has 0 aromatic heterocycles. The Labute approximate surface area is 176 Å². The van der Waals surface area contributed by atoms with Gasteiger partial charge in [0.15, 0.2) is 0 Å². The van der Waals surface area contributed by atoms with E-state index in [1.54, 1.807) is 0 Å². The van der Waals surface area contributed by atoms with Gasteiger partial charge in [0.1, 0.15) is 22.0 Å². The van der Waals surface area contributed by atoms with Crippen molar-refractivity contribution in [3.05, 3.63) is 47.0 Å². The predicted octanol–water partition coefficient (Wildman–Crippen LogP) is 4.00. The van der Waals surface area contributed by atoms with Crippen LogP contribution in [-0.2, 0) is 20.2 Å². The molecule has 13 heteroatoms. The molecule has 0 aliphatic heterocycles. The fourth-order valence-corrected chi connectivity index (χ4v) is 4.06. The fourth-order valence-electron chi connectivity index (χ4n) is 2.68. The Morgan fingerprint density at radius 3 is 2.20 bits per heavy atom. The fraction of sp³-hybridized carbons (Fsp3) is 0.0588. The molecule has 0 heterocycles. The van der Waals surface area contributed by atoms with Crippen LogP contribution < -0.4 is 5.73 Å². The number of aryl methyl sites for hydroxylation is 1. The standard InChI is InChI=1S/C17H14ClN3O7S2/c1-8-4-16(30(26,27)28)14(7-12(8)18)20-21-17-11-5-9(29(23,24)25)6-15(22)10(11)2-3-13(17)19/h2-7,22H,19H2,1H3,(H,23,24,25)(H,26,27,28). The van der Waals surface area contributed by atoms with Crippen molar-refractivity contribution in [2.75, 3.05) is 5.73 Å². The van der Waals surface area contributed by atoms with E-state index in [0.29, 0.717) is 5.56 Å². The molecule has 0 amide bonds. The number of hydrogen-bond donors (Lipinski definition) is 4. The van der Waals surface area contributed by atoms with Crippen molar-refractivity contribution in [1.29, 1.82) is 0 Å². The van der Waals surface area contributed by atoms with Crippen LogP contribution in [0.4, 0.5) is 17.1 Å². The third kappa shape index (κ3) is 4.22. The number of phenolic OH excluding ortho intramolecular Hbond substituents is 1. The van der Waals surface area contributed by atoms with E-state index in [-0.39, 0.29) is 32.9 Å². The second-order valence-corrected chi connectivity index (χ2v) is 9.48. The van der Waals surface area contributed by atoms with Crippen LogP contribution in [0.5, 0.6) is 5.75 Å². The predicted molar refractivity (Wildman–Crippen MR) is 110 cm³/mol. The van der Waals surface area contributed by atoms with Crippen molar-refractivity contribution in [2.45, 2.75) is 16.7 Å². The van der Waals surface area contributed by atoms with Crippen LogP contribution in [-0.4, -0.2) is 31.0 Å². The van der Waals surface area contributed by atoms with E-state index >= 15 is 0 Å². The minimum absolute atomic E-state index is 0.0183. The van der Waals surface area contributed by atoms with Gasteiger partial charge in [-0.15, -0.1) is 10.2 Å². The number of hydrogen-bond acceptors (Lipinski definition) is 8. The Morgan fingerprint density at radius 2 is 1.60 bits per heavy atom. The molecule has 0 radical (unpaired) electrons. The molecule has 0 saturated carbocycles. The highest BCUT2D eigenvalue weighted by Crippen LogP contribution is 2.40. The summed E-state index contributed by atoms with van der Waals surface area (Å²) < 4.78 is 65.0. The highest BCUT2D eigenvalue weighted by Gasteiger charge is 2.19. The molecular weight excluding hydrogens is 458 g/mol. The maximum Gasteiger partial charge on any atom is 0.296 e. The Bertz CT molecular complexity index is 1440. The monoisotopic (exact) mass is 471 g/mol. The van der Waals surface area contributed by atoms with E-state index in [4.69, 9.17) is 17.3 Å². The molecule has 10 nitrogen and oxygen atoms in total. The van der Waals surface area contributed by atoms with Gasteiger partial charge in [-0.25, -0.2) is 0 Å². The van der Waals surface area contributed by atoms with Gasteiger partial charge in [0.25, 0.3) is 20.2 Å². The number of phenols is 1. The molecule has 0 aliphatic rings. The van der Waals surface area contributed by atoms with Crippen molar-refractivity contribution in [3.63, 3.8) is 0 Å². The number of nitrogens with two attached hydrogens (primary N) is 1.